The monoisotopic (exact) mass is 354 g/mol. The fourth-order valence-electron chi connectivity index (χ4n) is 2.17. The molecule has 0 amide bonds. The van der Waals surface area contributed by atoms with Crippen LogP contribution in [0.15, 0.2) is 59.0 Å². The summed E-state index contributed by atoms with van der Waals surface area (Å²) in [6.45, 7) is 0.443. The highest BCUT2D eigenvalue weighted by molar-refractivity contribution is 7.14. The van der Waals surface area contributed by atoms with Gasteiger partial charge in [0.2, 0.25) is 5.13 Å². The van der Waals surface area contributed by atoms with Crippen LogP contribution in [0.5, 0.6) is 11.5 Å². The Morgan fingerprint density at radius 2 is 2.04 bits per heavy atom. The number of hydrogen-bond acceptors (Lipinski definition) is 7. The van der Waals surface area contributed by atoms with E-state index >= 15 is 0 Å². The predicted octanol–water partition coefficient (Wildman–Crippen LogP) is 3.76. The van der Waals surface area contributed by atoms with Crippen molar-refractivity contribution < 1.29 is 9.47 Å². The number of methoxy groups -OCH3 is 1. The van der Waals surface area contributed by atoms with Crippen molar-refractivity contribution in [1.82, 2.24) is 4.98 Å². The lowest BCUT2D eigenvalue weighted by Gasteiger charge is -2.13. The third-order valence-corrected chi connectivity index (χ3v) is 4.11. The van der Waals surface area contributed by atoms with E-state index < -0.39 is 0 Å². The molecule has 3 N–H and O–H groups in total. The van der Waals surface area contributed by atoms with Gasteiger partial charge in [0.15, 0.2) is 11.5 Å². The van der Waals surface area contributed by atoms with Crippen LogP contribution in [-0.2, 0) is 6.61 Å². The Labute approximate surface area is 149 Å². The average Bonchev–Trinajstić information content (AvgIpc) is 3.06. The van der Waals surface area contributed by atoms with Crippen molar-refractivity contribution in [2.75, 3.05) is 18.3 Å². The van der Waals surface area contributed by atoms with E-state index in [0.717, 1.165) is 11.1 Å². The van der Waals surface area contributed by atoms with Gasteiger partial charge < -0.3 is 15.2 Å². The Kier molecular flexibility index (Phi) is 5.48. The average molecular weight is 354 g/mol. The minimum atomic E-state index is 0.443. The van der Waals surface area contributed by atoms with Crippen LogP contribution in [0.2, 0.25) is 0 Å². The van der Waals surface area contributed by atoms with E-state index in [0.29, 0.717) is 29.1 Å². The van der Waals surface area contributed by atoms with Gasteiger partial charge in [-0.25, -0.2) is 4.98 Å². The number of hydrogen-bond donors (Lipinski definition) is 2. The molecule has 0 bridgehead atoms. The molecule has 6 nitrogen and oxygen atoms in total. The minimum Gasteiger partial charge on any atom is -0.493 e. The fourth-order valence-corrected chi connectivity index (χ4v) is 2.72. The number of nitrogens with zero attached hydrogens (tertiary/aromatic N) is 2. The highest BCUT2D eigenvalue weighted by Gasteiger charge is 2.09. The second-order valence-corrected chi connectivity index (χ2v) is 5.96. The zero-order valence-corrected chi connectivity index (χ0v) is 14.5. The van der Waals surface area contributed by atoms with E-state index in [4.69, 9.17) is 15.2 Å². The van der Waals surface area contributed by atoms with E-state index in [9.17, 15) is 0 Å². The molecule has 0 saturated heterocycles. The summed E-state index contributed by atoms with van der Waals surface area (Å²) in [6.07, 6.45) is 1.67. The number of hydrazone groups is 1. The van der Waals surface area contributed by atoms with Gasteiger partial charge in [-0.1, -0.05) is 36.4 Å². The van der Waals surface area contributed by atoms with Gasteiger partial charge in [0.1, 0.15) is 12.4 Å². The molecular formula is C18H18N4O2S. The van der Waals surface area contributed by atoms with Crippen molar-refractivity contribution in [3.05, 3.63) is 65.0 Å². The number of ether oxygens (including phenoxy) is 2. The van der Waals surface area contributed by atoms with Gasteiger partial charge in [0.25, 0.3) is 0 Å². The maximum atomic E-state index is 5.98. The summed E-state index contributed by atoms with van der Waals surface area (Å²) in [6, 6.07) is 15.6. The van der Waals surface area contributed by atoms with Crippen molar-refractivity contribution in [1.29, 1.82) is 0 Å². The molecule has 0 fully saturated rings. The molecule has 0 radical (unpaired) electrons. The summed E-state index contributed by atoms with van der Waals surface area (Å²) in [5.41, 5.74) is 10.3. The fraction of sp³-hybridized carbons (Fsp3) is 0.111. The van der Waals surface area contributed by atoms with Gasteiger partial charge in [-0.15, -0.1) is 11.3 Å². The predicted molar refractivity (Wildman–Crippen MR) is 102 cm³/mol. The maximum absolute atomic E-state index is 5.98. The quantitative estimate of drug-likeness (QED) is 0.499. The normalized spacial score (nSPS) is 10.8. The molecule has 0 aliphatic heterocycles. The van der Waals surface area contributed by atoms with Crippen LogP contribution >= 0.6 is 11.3 Å². The number of para-hydroxylation sites is 1. The molecule has 0 unspecified atom stereocenters. The second kappa shape index (κ2) is 8.16. The van der Waals surface area contributed by atoms with Gasteiger partial charge in [-0.2, -0.15) is 5.10 Å². The number of benzene rings is 2. The first kappa shape index (κ1) is 16.8. The lowest BCUT2D eigenvalue weighted by Crippen LogP contribution is -2.01. The van der Waals surface area contributed by atoms with Crippen LogP contribution in [-0.4, -0.2) is 18.3 Å². The molecule has 7 heteroatoms. The largest absolute Gasteiger partial charge is 0.493 e. The van der Waals surface area contributed by atoms with E-state index in [1.54, 1.807) is 18.7 Å². The second-order valence-electron chi connectivity index (χ2n) is 5.10. The molecule has 3 rings (SSSR count). The molecule has 25 heavy (non-hydrogen) atoms. The standard InChI is InChI=1S/C18H18N4O2S/c1-23-15-9-5-8-14(10-20-22-18-21-16(19)12-25-18)17(15)24-11-13-6-3-2-4-7-13/h2-10,12H,11,19H2,1H3,(H,21,22). The third kappa shape index (κ3) is 4.48. The van der Waals surface area contributed by atoms with Crippen LogP contribution in [0.4, 0.5) is 10.9 Å². The van der Waals surface area contributed by atoms with Crippen LogP contribution in [0, 0.1) is 0 Å². The zero-order valence-electron chi connectivity index (χ0n) is 13.7. The molecule has 1 aromatic heterocycles. The van der Waals surface area contributed by atoms with Crippen molar-refractivity contribution >= 4 is 28.5 Å². The Morgan fingerprint density at radius 1 is 1.20 bits per heavy atom. The van der Waals surface area contributed by atoms with E-state index in [1.165, 1.54) is 11.3 Å². The molecular weight excluding hydrogens is 336 g/mol. The van der Waals surface area contributed by atoms with E-state index in [-0.39, 0.29) is 0 Å². The van der Waals surface area contributed by atoms with E-state index in [2.05, 4.69) is 15.5 Å². The molecule has 0 saturated carbocycles. The maximum Gasteiger partial charge on any atom is 0.205 e. The number of anilines is 2. The molecule has 128 valence electrons. The Balaban J connectivity index is 1.76. The SMILES string of the molecule is COc1cccc(C=NNc2nc(N)cs2)c1OCc1ccccc1. The Hall–Kier alpha value is -3.06. The zero-order chi connectivity index (χ0) is 17.5. The number of nitrogens with one attached hydrogen (secondary N) is 1. The lowest BCUT2D eigenvalue weighted by atomic mass is 10.2. The van der Waals surface area contributed by atoms with Crippen molar-refractivity contribution in [2.45, 2.75) is 6.61 Å². The molecule has 1 heterocycles. The summed E-state index contributed by atoms with van der Waals surface area (Å²) >= 11 is 1.39. The van der Waals surface area contributed by atoms with Crippen molar-refractivity contribution in [3.63, 3.8) is 0 Å². The summed E-state index contributed by atoms with van der Waals surface area (Å²) in [4.78, 5) is 4.09. The number of nitrogens with two attached hydrogens (primary N) is 1. The van der Waals surface area contributed by atoms with Gasteiger partial charge in [-0.05, 0) is 17.7 Å². The van der Waals surface area contributed by atoms with Crippen LogP contribution in [0.25, 0.3) is 0 Å². The van der Waals surface area contributed by atoms with Crippen LogP contribution in [0.1, 0.15) is 11.1 Å². The minimum absolute atomic E-state index is 0.443. The molecule has 0 aliphatic rings. The van der Waals surface area contributed by atoms with Crippen molar-refractivity contribution in [2.24, 2.45) is 5.10 Å². The smallest absolute Gasteiger partial charge is 0.205 e. The van der Waals surface area contributed by atoms with Gasteiger partial charge in [0.05, 0.1) is 13.3 Å². The Bertz CT molecular complexity index is 849. The molecule has 0 aliphatic carbocycles. The number of rotatable bonds is 7. The highest BCUT2D eigenvalue weighted by Crippen LogP contribution is 2.31. The third-order valence-electron chi connectivity index (χ3n) is 3.34. The summed E-state index contributed by atoms with van der Waals surface area (Å²) in [7, 11) is 1.61. The first-order chi connectivity index (χ1) is 12.3. The molecule has 0 spiro atoms. The van der Waals surface area contributed by atoms with Gasteiger partial charge in [-0.3, -0.25) is 5.43 Å². The first-order valence-corrected chi connectivity index (χ1v) is 8.48. The van der Waals surface area contributed by atoms with Crippen LogP contribution < -0.4 is 20.6 Å². The molecule has 3 aromatic rings. The topological polar surface area (TPSA) is 81.8 Å². The number of thiazole rings is 1. The summed E-state index contributed by atoms with van der Waals surface area (Å²) in [5.74, 6) is 1.76. The summed E-state index contributed by atoms with van der Waals surface area (Å²) in [5, 5.41) is 6.57. The van der Waals surface area contributed by atoms with Gasteiger partial charge in [0, 0.05) is 10.9 Å². The number of nitrogen functional groups attached to an aromatic ring is 1. The number of aromatic nitrogens is 1. The summed E-state index contributed by atoms with van der Waals surface area (Å²) < 4.78 is 11.4. The Morgan fingerprint density at radius 3 is 2.76 bits per heavy atom. The first-order valence-electron chi connectivity index (χ1n) is 7.60. The molecule has 2 aromatic carbocycles. The highest BCUT2D eigenvalue weighted by atomic mass is 32.1. The van der Waals surface area contributed by atoms with Crippen LogP contribution in [0.3, 0.4) is 0 Å². The molecule has 0 atom stereocenters. The lowest BCUT2D eigenvalue weighted by molar-refractivity contribution is 0.284. The van der Waals surface area contributed by atoms with Gasteiger partial charge >= 0.3 is 0 Å². The van der Waals surface area contributed by atoms with Crippen molar-refractivity contribution in [3.8, 4) is 11.5 Å². The van der Waals surface area contributed by atoms with E-state index in [1.807, 2.05) is 48.5 Å².